The Morgan fingerprint density at radius 3 is 2.30 bits per heavy atom. The summed E-state index contributed by atoms with van der Waals surface area (Å²) >= 11 is 0. The Balaban J connectivity index is 2.53. The highest BCUT2D eigenvalue weighted by molar-refractivity contribution is 5.48. The van der Waals surface area contributed by atoms with Crippen LogP contribution in [0.5, 0.6) is 11.5 Å². The van der Waals surface area contributed by atoms with E-state index in [1.165, 1.54) is 6.07 Å². The van der Waals surface area contributed by atoms with Gasteiger partial charge in [-0.25, -0.2) is 4.39 Å². The van der Waals surface area contributed by atoms with Gasteiger partial charge >= 0.3 is 0 Å². The lowest BCUT2D eigenvalue weighted by atomic mass is 10.0. The fourth-order valence-corrected chi connectivity index (χ4v) is 2.15. The third kappa shape index (κ3) is 2.68. The molecule has 0 aromatic heterocycles. The fourth-order valence-electron chi connectivity index (χ4n) is 2.15. The van der Waals surface area contributed by atoms with Gasteiger partial charge in [0.2, 0.25) is 0 Å². The van der Waals surface area contributed by atoms with Crippen LogP contribution in [0.15, 0.2) is 30.3 Å². The van der Waals surface area contributed by atoms with Gasteiger partial charge in [-0.15, -0.1) is 0 Å². The zero-order chi connectivity index (χ0) is 14.9. The Bertz CT molecular complexity index is 633. The summed E-state index contributed by atoms with van der Waals surface area (Å²) in [4.78, 5) is 0. The summed E-state index contributed by atoms with van der Waals surface area (Å²) in [5, 5.41) is 9.75. The highest BCUT2D eigenvalue weighted by atomic mass is 19.1. The van der Waals surface area contributed by atoms with Crippen molar-refractivity contribution in [3.05, 3.63) is 58.4 Å². The summed E-state index contributed by atoms with van der Waals surface area (Å²) in [6.07, 6.45) is -0.786. The Kier molecular flexibility index (Phi) is 4.09. The minimum absolute atomic E-state index is 0.0966. The summed E-state index contributed by atoms with van der Waals surface area (Å²) in [6, 6.07) is 8.53. The molecule has 2 aromatic rings. The topological polar surface area (TPSA) is 29.5 Å². The number of hydrogen-bond acceptors (Lipinski definition) is 2. The van der Waals surface area contributed by atoms with E-state index in [4.69, 9.17) is 4.74 Å². The van der Waals surface area contributed by atoms with Crippen LogP contribution in [0.25, 0.3) is 0 Å². The number of aliphatic hydroxyl groups is 1. The molecule has 1 atom stereocenters. The van der Waals surface area contributed by atoms with Gasteiger partial charge in [0.1, 0.15) is 5.75 Å². The minimum Gasteiger partial charge on any atom is -0.453 e. The van der Waals surface area contributed by atoms with Crippen LogP contribution in [0.2, 0.25) is 0 Å². The SMILES string of the molecule is Cc1ccc(C)c(Oc2c(F)cccc2[C@@H](C)O)c1C. The Hall–Kier alpha value is -1.87. The second kappa shape index (κ2) is 5.63. The van der Waals surface area contributed by atoms with Gasteiger partial charge in [-0.3, -0.25) is 0 Å². The Labute approximate surface area is 118 Å². The molecule has 0 aliphatic heterocycles. The van der Waals surface area contributed by atoms with Gasteiger partial charge in [0.25, 0.3) is 0 Å². The molecule has 1 N–H and O–H groups in total. The van der Waals surface area contributed by atoms with Crippen LogP contribution < -0.4 is 4.74 Å². The predicted octanol–water partition coefficient (Wildman–Crippen LogP) is 4.60. The number of hydrogen-bond donors (Lipinski definition) is 1. The molecule has 0 bridgehead atoms. The van der Waals surface area contributed by atoms with E-state index in [2.05, 4.69) is 0 Å². The minimum atomic E-state index is -0.786. The summed E-state index contributed by atoms with van der Waals surface area (Å²) in [7, 11) is 0. The van der Waals surface area contributed by atoms with E-state index in [-0.39, 0.29) is 5.75 Å². The van der Waals surface area contributed by atoms with E-state index in [0.29, 0.717) is 11.3 Å². The molecular weight excluding hydrogens is 255 g/mol. The number of aryl methyl sites for hydroxylation is 2. The maximum absolute atomic E-state index is 14.0. The van der Waals surface area contributed by atoms with E-state index >= 15 is 0 Å². The quantitative estimate of drug-likeness (QED) is 0.886. The lowest BCUT2D eigenvalue weighted by Crippen LogP contribution is -2.01. The van der Waals surface area contributed by atoms with E-state index in [9.17, 15) is 9.50 Å². The number of para-hydroxylation sites is 1. The first kappa shape index (κ1) is 14.5. The van der Waals surface area contributed by atoms with Crippen LogP contribution in [0.4, 0.5) is 4.39 Å². The molecule has 0 saturated heterocycles. The van der Waals surface area contributed by atoms with Crippen molar-refractivity contribution in [3.8, 4) is 11.5 Å². The molecule has 0 unspecified atom stereocenters. The van der Waals surface area contributed by atoms with Crippen molar-refractivity contribution in [1.82, 2.24) is 0 Å². The van der Waals surface area contributed by atoms with E-state index in [1.54, 1.807) is 19.1 Å². The molecule has 0 heterocycles. The predicted molar refractivity (Wildman–Crippen MR) is 77.8 cm³/mol. The van der Waals surface area contributed by atoms with Crippen LogP contribution >= 0.6 is 0 Å². The highest BCUT2D eigenvalue weighted by Gasteiger charge is 2.17. The molecule has 0 aliphatic rings. The summed E-state index contributed by atoms with van der Waals surface area (Å²) in [5.74, 6) is 0.278. The van der Waals surface area contributed by atoms with Crippen molar-refractivity contribution in [2.75, 3.05) is 0 Å². The zero-order valence-electron chi connectivity index (χ0n) is 12.2. The normalized spacial score (nSPS) is 12.3. The van der Waals surface area contributed by atoms with Crippen molar-refractivity contribution >= 4 is 0 Å². The average Bonchev–Trinajstić information content (AvgIpc) is 2.40. The molecular formula is C17H19FO2. The van der Waals surface area contributed by atoms with Crippen LogP contribution in [0, 0.1) is 26.6 Å². The maximum Gasteiger partial charge on any atom is 0.168 e. The third-order valence-corrected chi connectivity index (χ3v) is 3.53. The maximum atomic E-state index is 14.0. The monoisotopic (exact) mass is 274 g/mol. The van der Waals surface area contributed by atoms with E-state index in [0.717, 1.165) is 16.7 Å². The van der Waals surface area contributed by atoms with Gasteiger partial charge in [0, 0.05) is 5.56 Å². The molecule has 0 saturated carbocycles. The molecule has 2 rings (SSSR count). The van der Waals surface area contributed by atoms with Crippen molar-refractivity contribution in [2.45, 2.75) is 33.8 Å². The molecule has 106 valence electrons. The van der Waals surface area contributed by atoms with Crippen LogP contribution in [0.1, 0.15) is 35.3 Å². The molecule has 0 spiro atoms. The lowest BCUT2D eigenvalue weighted by Gasteiger charge is -2.17. The van der Waals surface area contributed by atoms with Crippen LogP contribution in [0.3, 0.4) is 0 Å². The van der Waals surface area contributed by atoms with Crippen LogP contribution in [-0.2, 0) is 0 Å². The van der Waals surface area contributed by atoms with E-state index < -0.39 is 11.9 Å². The average molecular weight is 274 g/mol. The molecule has 0 aliphatic carbocycles. The number of rotatable bonds is 3. The molecule has 3 heteroatoms. The summed E-state index contributed by atoms with van der Waals surface area (Å²) in [6.45, 7) is 7.45. The highest BCUT2D eigenvalue weighted by Crippen LogP contribution is 2.36. The smallest absolute Gasteiger partial charge is 0.168 e. The van der Waals surface area contributed by atoms with Gasteiger partial charge < -0.3 is 9.84 Å². The molecule has 0 fully saturated rings. The Morgan fingerprint density at radius 1 is 1.00 bits per heavy atom. The largest absolute Gasteiger partial charge is 0.453 e. The van der Waals surface area contributed by atoms with Crippen molar-refractivity contribution in [2.24, 2.45) is 0 Å². The van der Waals surface area contributed by atoms with Crippen molar-refractivity contribution in [1.29, 1.82) is 0 Å². The third-order valence-electron chi connectivity index (χ3n) is 3.53. The number of aliphatic hydroxyl groups excluding tert-OH is 1. The molecule has 0 radical (unpaired) electrons. The number of halogens is 1. The Morgan fingerprint density at radius 2 is 1.65 bits per heavy atom. The van der Waals surface area contributed by atoms with Crippen molar-refractivity contribution < 1.29 is 14.2 Å². The summed E-state index contributed by atoms with van der Waals surface area (Å²) < 4.78 is 19.8. The van der Waals surface area contributed by atoms with Gasteiger partial charge in [-0.05, 0) is 50.5 Å². The number of benzene rings is 2. The first-order chi connectivity index (χ1) is 9.41. The molecule has 0 amide bonds. The lowest BCUT2D eigenvalue weighted by molar-refractivity contribution is 0.194. The fraction of sp³-hybridized carbons (Fsp3) is 0.294. The van der Waals surface area contributed by atoms with Gasteiger partial charge in [0.15, 0.2) is 11.6 Å². The van der Waals surface area contributed by atoms with Gasteiger partial charge in [-0.1, -0.05) is 24.3 Å². The number of ether oxygens (including phenoxy) is 1. The molecule has 2 aromatic carbocycles. The van der Waals surface area contributed by atoms with E-state index in [1.807, 2.05) is 32.9 Å². The zero-order valence-corrected chi connectivity index (χ0v) is 12.2. The standard InChI is InChI=1S/C17H19FO2/c1-10-8-9-11(2)16(12(10)3)20-17-14(13(4)19)6-5-7-15(17)18/h5-9,13,19H,1-4H3/t13-/m1/s1. The second-order valence-electron chi connectivity index (χ2n) is 5.09. The first-order valence-corrected chi connectivity index (χ1v) is 6.63. The second-order valence-corrected chi connectivity index (χ2v) is 5.09. The first-order valence-electron chi connectivity index (χ1n) is 6.63. The molecule has 2 nitrogen and oxygen atoms in total. The van der Waals surface area contributed by atoms with Crippen LogP contribution in [-0.4, -0.2) is 5.11 Å². The van der Waals surface area contributed by atoms with Crippen molar-refractivity contribution in [3.63, 3.8) is 0 Å². The van der Waals surface area contributed by atoms with Gasteiger partial charge in [-0.2, -0.15) is 0 Å². The van der Waals surface area contributed by atoms with Gasteiger partial charge in [0.05, 0.1) is 6.10 Å². The summed E-state index contributed by atoms with van der Waals surface area (Å²) in [5.41, 5.74) is 3.45. The molecule has 20 heavy (non-hydrogen) atoms.